The molecule has 1 saturated heterocycles. The number of fused-ring (bicyclic) bond motifs is 5. The number of hydrogen-bond acceptors (Lipinski definition) is 4. The summed E-state index contributed by atoms with van der Waals surface area (Å²) in [6.07, 6.45) is 12.5. The maximum atomic E-state index is 12.5. The molecule has 5 nitrogen and oxygen atoms in total. The SMILES string of the molecule is CCC(CC)N[C@@H](CC)c1cccc(OCC[C@]23CCC4C(CCC5N(C)C(=O)CC[C@]45C)C2CC[C@@H]3O)c1. The lowest BCUT2D eigenvalue weighted by Crippen LogP contribution is -2.61. The standard InChI is InChI=1S/C34H54N2O3/c1-6-24(7-2)35-29(8-3)23-10-9-11-25(22-23)39-21-20-34-19-16-27-26(28(34)13-15-31(34)37)12-14-30-33(27,4)18-17-32(38)36(30)5/h9-11,22,24,26-31,35,37H,6-8,12-21H2,1-5H3/t26?,27?,28?,29-,30?,31-,33+,34+/m0/s1. The fourth-order valence-electron chi connectivity index (χ4n) is 9.85. The fraction of sp³-hybridized carbons (Fsp3) is 0.794. The van der Waals surface area contributed by atoms with Crippen molar-refractivity contribution in [2.45, 2.75) is 129 Å². The summed E-state index contributed by atoms with van der Waals surface area (Å²) >= 11 is 0. The molecule has 1 amide bonds. The zero-order valence-corrected chi connectivity index (χ0v) is 25.3. The zero-order chi connectivity index (χ0) is 27.8. The molecule has 0 spiro atoms. The van der Waals surface area contributed by atoms with Crippen LogP contribution in [0.2, 0.25) is 0 Å². The number of ether oxygens (including phenoxy) is 1. The summed E-state index contributed by atoms with van der Waals surface area (Å²) in [6, 6.07) is 9.95. The number of nitrogens with zero attached hydrogens (tertiary/aromatic N) is 1. The topological polar surface area (TPSA) is 61.8 Å². The maximum Gasteiger partial charge on any atom is 0.222 e. The van der Waals surface area contributed by atoms with Gasteiger partial charge in [-0.2, -0.15) is 0 Å². The number of carbonyl (C=O) groups is 1. The number of rotatable bonds is 10. The summed E-state index contributed by atoms with van der Waals surface area (Å²) in [4.78, 5) is 14.6. The zero-order valence-electron chi connectivity index (χ0n) is 25.3. The van der Waals surface area contributed by atoms with Crippen LogP contribution in [-0.2, 0) is 4.79 Å². The monoisotopic (exact) mass is 538 g/mol. The third kappa shape index (κ3) is 5.16. The van der Waals surface area contributed by atoms with Crippen LogP contribution in [0.4, 0.5) is 0 Å². The third-order valence-electron chi connectivity index (χ3n) is 12.2. The number of aliphatic hydroxyl groups excluding tert-OH is 1. The number of carbonyl (C=O) groups excluding carboxylic acids is 1. The lowest BCUT2D eigenvalue weighted by Gasteiger charge is -2.62. The fourth-order valence-corrected chi connectivity index (χ4v) is 9.85. The molecule has 4 fully saturated rings. The van der Waals surface area contributed by atoms with E-state index in [0.29, 0.717) is 54.8 Å². The molecule has 0 bridgehead atoms. The van der Waals surface area contributed by atoms with Crippen LogP contribution in [0.3, 0.4) is 0 Å². The summed E-state index contributed by atoms with van der Waals surface area (Å²) in [5.74, 6) is 3.20. The molecule has 8 atom stereocenters. The smallest absolute Gasteiger partial charge is 0.222 e. The molecule has 1 aliphatic heterocycles. The van der Waals surface area contributed by atoms with Crippen molar-refractivity contribution in [2.75, 3.05) is 13.7 Å². The summed E-state index contributed by atoms with van der Waals surface area (Å²) in [5.41, 5.74) is 1.52. The molecule has 3 aliphatic carbocycles. The van der Waals surface area contributed by atoms with Crippen LogP contribution >= 0.6 is 0 Å². The summed E-state index contributed by atoms with van der Waals surface area (Å²) in [7, 11) is 2.04. The molecule has 0 aromatic heterocycles. The Balaban J connectivity index is 1.26. The Kier molecular flexibility index (Phi) is 8.69. The van der Waals surface area contributed by atoms with Gasteiger partial charge in [-0.25, -0.2) is 0 Å². The largest absolute Gasteiger partial charge is 0.494 e. The van der Waals surface area contributed by atoms with Crippen molar-refractivity contribution < 1.29 is 14.6 Å². The average molecular weight is 539 g/mol. The molecular weight excluding hydrogens is 484 g/mol. The highest BCUT2D eigenvalue weighted by Crippen LogP contribution is 2.65. The third-order valence-corrected chi connectivity index (χ3v) is 12.2. The van der Waals surface area contributed by atoms with Gasteiger partial charge < -0.3 is 20.1 Å². The van der Waals surface area contributed by atoms with E-state index in [9.17, 15) is 9.90 Å². The second kappa shape index (κ2) is 11.7. The minimum atomic E-state index is -0.215. The minimum absolute atomic E-state index is 0.0126. The Morgan fingerprint density at radius 2 is 1.85 bits per heavy atom. The maximum absolute atomic E-state index is 12.5. The Hall–Kier alpha value is -1.59. The number of hydrogen-bond donors (Lipinski definition) is 2. The first-order valence-electron chi connectivity index (χ1n) is 16.2. The van der Waals surface area contributed by atoms with Crippen molar-refractivity contribution in [3.05, 3.63) is 29.8 Å². The van der Waals surface area contributed by atoms with Gasteiger partial charge in [0.15, 0.2) is 0 Å². The summed E-state index contributed by atoms with van der Waals surface area (Å²) < 4.78 is 6.44. The van der Waals surface area contributed by atoms with Crippen LogP contribution in [0.1, 0.15) is 116 Å². The van der Waals surface area contributed by atoms with Crippen LogP contribution in [0.25, 0.3) is 0 Å². The van der Waals surface area contributed by atoms with Crippen LogP contribution in [0, 0.1) is 28.6 Å². The Morgan fingerprint density at radius 3 is 2.59 bits per heavy atom. The van der Waals surface area contributed by atoms with Crippen molar-refractivity contribution >= 4 is 5.91 Å². The number of piperidine rings is 1. The van der Waals surface area contributed by atoms with E-state index < -0.39 is 0 Å². The molecule has 5 heteroatoms. The van der Waals surface area contributed by atoms with Crippen LogP contribution in [0.5, 0.6) is 5.75 Å². The van der Waals surface area contributed by atoms with E-state index in [4.69, 9.17) is 4.74 Å². The molecule has 3 saturated carbocycles. The van der Waals surface area contributed by atoms with Gasteiger partial charge in [0.1, 0.15) is 5.75 Å². The molecule has 1 aromatic carbocycles. The Morgan fingerprint density at radius 1 is 1.05 bits per heavy atom. The number of amides is 1. The molecule has 39 heavy (non-hydrogen) atoms. The normalized spacial score (nSPS) is 36.8. The van der Waals surface area contributed by atoms with Gasteiger partial charge in [-0.1, -0.05) is 39.8 Å². The highest BCUT2D eigenvalue weighted by atomic mass is 16.5. The molecule has 218 valence electrons. The van der Waals surface area contributed by atoms with Gasteiger partial charge in [0.05, 0.1) is 12.7 Å². The molecular formula is C34H54N2O3. The summed E-state index contributed by atoms with van der Waals surface area (Å²) in [6.45, 7) is 9.91. The molecule has 0 radical (unpaired) electrons. The lowest BCUT2D eigenvalue weighted by atomic mass is 9.46. The van der Waals surface area contributed by atoms with Crippen molar-refractivity contribution in [1.82, 2.24) is 10.2 Å². The second-order valence-corrected chi connectivity index (χ2v) is 13.7. The Labute approximate surface area is 237 Å². The predicted octanol–water partition coefficient (Wildman–Crippen LogP) is 6.89. The van der Waals surface area contributed by atoms with Crippen molar-refractivity contribution in [3.63, 3.8) is 0 Å². The van der Waals surface area contributed by atoms with E-state index in [0.717, 1.165) is 63.5 Å². The van der Waals surface area contributed by atoms with Gasteiger partial charge in [0.2, 0.25) is 5.91 Å². The number of nitrogens with one attached hydrogen (secondary N) is 1. The van der Waals surface area contributed by atoms with Gasteiger partial charge in [-0.05, 0) is 111 Å². The molecule has 5 rings (SSSR count). The van der Waals surface area contributed by atoms with E-state index in [1.54, 1.807) is 0 Å². The molecule has 1 aromatic rings. The van der Waals surface area contributed by atoms with E-state index in [-0.39, 0.29) is 16.9 Å². The van der Waals surface area contributed by atoms with Crippen LogP contribution < -0.4 is 10.1 Å². The van der Waals surface area contributed by atoms with E-state index in [1.165, 1.54) is 18.4 Å². The number of likely N-dealkylation sites (tertiary alicyclic amines) is 1. The predicted molar refractivity (Wildman–Crippen MR) is 158 cm³/mol. The first kappa shape index (κ1) is 28.9. The van der Waals surface area contributed by atoms with Crippen molar-refractivity contribution in [3.8, 4) is 5.75 Å². The number of aliphatic hydroxyl groups is 1. The van der Waals surface area contributed by atoms with Gasteiger partial charge in [-0.15, -0.1) is 0 Å². The molecule has 4 aliphatic rings. The quantitative estimate of drug-likeness (QED) is 0.341. The van der Waals surface area contributed by atoms with E-state index >= 15 is 0 Å². The second-order valence-electron chi connectivity index (χ2n) is 13.7. The van der Waals surface area contributed by atoms with Gasteiger partial charge >= 0.3 is 0 Å². The van der Waals surface area contributed by atoms with Gasteiger partial charge in [0, 0.05) is 37.0 Å². The van der Waals surface area contributed by atoms with Gasteiger partial charge in [-0.3, -0.25) is 4.79 Å². The average Bonchev–Trinajstić information content (AvgIpc) is 3.28. The minimum Gasteiger partial charge on any atom is -0.494 e. The lowest BCUT2D eigenvalue weighted by molar-refractivity contribution is -0.162. The molecule has 2 N–H and O–H groups in total. The van der Waals surface area contributed by atoms with E-state index in [2.05, 4.69) is 62.2 Å². The molecule has 4 unspecified atom stereocenters. The molecule has 1 heterocycles. The van der Waals surface area contributed by atoms with E-state index in [1.807, 2.05) is 7.05 Å². The number of benzene rings is 1. The first-order valence-corrected chi connectivity index (χ1v) is 16.2. The first-order chi connectivity index (χ1) is 18.8. The van der Waals surface area contributed by atoms with Crippen LogP contribution in [-0.4, -0.2) is 47.8 Å². The highest BCUT2D eigenvalue weighted by molar-refractivity contribution is 5.77. The highest BCUT2D eigenvalue weighted by Gasteiger charge is 2.62. The van der Waals surface area contributed by atoms with Crippen molar-refractivity contribution in [2.24, 2.45) is 28.6 Å². The summed E-state index contributed by atoms with van der Waals surface area (Å²) in [5, 5.41) is 15.2. The Bertz CT molecular complexity index is 994. The van der Waals surface area contributed by atoms with Crippen LogP contribution in [0.15, 0.2) is 24.3 Å². The van der Waals surface area contributed by atoms with Gasteiger partial charge in [0.25, 0.3) is 0 Å². The van der Waals surface area contributed by atoms with Crippen molar-refractivity contribution in [1.29, 1.82) is 0 Å².